The van der Waals surface area contributed by atoms with Gasteiger partial charge in [0.15, 0.2) is 21.8 Å². The van der Waals surface area contributed by atoms with Crippen LogP contribution in [0.15, 0.2) is 23.5 Å². The Balaban J connectivity index is 1.90. The molecule has 3 aromatic rings. The largest absolute Gasteiger partial charge is 0.394 e. The summed E-state index contributed by atoms with van der Waals surface area (Å²) in [7, 11) is 0. The predicted octanol–water partition coefficient (Wildman–Crippen LogP) is 4.14. The van der Waals surface area contributed by atoms with Gasteiger partial charge in [-0.1, -0.05) is 54.1 Å². The van der Waals surface area contributed by atoms with E-state index in [1.165, 1.54) is 23.1 Å². The summed E-state index contributed by atoms with van der Waals surface area (Å²) in [6.45, 7) is 4.16. The number of pyridine rings is 1. The van der Waals surface area contributed by atoms with Crippen LogP contribution in [-0.2, 0) is 0 Å². The van der Waals surface area contributed by atoms with Gasteiger partial charge in [0.25, 0.3) is 0 Å². The number of nitrogens with two attached hydrogens (primary N) is 1. The summed E-state index contributed by atoms with van der Waals surface area (Å²) in [4.78, 5) is 17.6. The number of anilines is 2. The Morgan fingerprint density at radius 1 is 1.33 bits per heavy atom. The number of aliphatic hydroxyl groups excluding tert-OH is 1. The summed E-state index contributed by atoms with van der Waals surface area (Å²) in [5.41, 5.74) is 7.46. The van der Waals surface area contributed by atoms with Gasteiger partial charge in [0.05, 0.1) is 12.6 Å². The maximum Gasteiger partial charge on any atom is 0.192 e. The second-order valence-electron chi connectivity index (χ2n) is 6.05. The molecule has 144 valence electrons. The first kappa shape index (κ1) is 20.1. The van der Waals surface area contributed by atoms with Crippen molar-refractivity contribution in [2.24, 2.45) is 0 Å². The third-order valence-corrected chi connectivity index (χ3v) is 6.07. The van der Waals surface area contributed by atoms with Crippen LogP contribution in [0.2, 0.25) is 5.15 Å². The summed E-state index contributed by atoms with van der Waals surface area (Å²) in [5.74, 6) is 0.658. The molecule has 0 unspecified atom stereocenters. The van der Waals surface area contributed by atoms with Crippen LogP contribution in [-0.4, -0.2) is 37.7 Å². The topological polar surface area (TPSA) is 110 Å². The number of nitrogens with one attached hydrogen (secondary N) is 1. The number of hydrogen-bond acceptors (Lipinski definition) is 9. The lowest BCUT2D eigenvalue weighted by atomic mass is 10.2. The lowest BCUT2D eigenvalue weighted by Crippen LogP contribution is -2.24. The molecule has 27 heavy (non-hydrogen) atoms. The zero-order valence-corrected chi connectivity index (χ0v) is 17.4. The molecule has 3 heterocycles. The zero-order valence-electron chi connectivity index (χ0n) is 15.0. The fraction of sp³-hybridized carbons (Fsp3) is 0.412. The maximum absolute atomic E-state index is 9.62. The van der Waals surface area contributed by atoms with Crippen molar-refractivity contribution in [3.05, 3.63) is 29.0 Å². The monoisotopic (exact) mass is 424 g/mol. The first-order valence-electron chi connectivity index (χ1n) is 8.59. The smallest absolute Gasteiger partial charge is 0.192 e. The van der Waals surface area contributed by atoms with Crippen molar-refractivity contribution in [1.82, 2.24) is 19.9 Å². The molecule has 2 atom stereocenters. The van der Waals surface area contributed by atoms with Crippen molar-refractivity contribution in [1.29, 1.82) is 0 Å². The van der Waals surface area contributed by atoms with E-state index in [9.17, 15) is 5.11 Å². The van der Waals surface area contributed by atoms with E-state index >= 15 is 0 Å². The van der Waals surface area contributed by atoms with E-state index < -0.39 is 0 Å². The Hall–Kier alpha value is -1.68. The van der Waals surface area contributed by atoms with E-state index in [1.54, 1.807) is 12.3 Å². The maximum atomic E-state index is 9.62. The number of nitrogen functional groups attached to an aromatic ring is 1. The van der Waals surface area contributed by atoms with Gasteiger partial charge >= 0.3 is 0 Å². The third-order valence-electron chi connectivity index (χ3n) is 3.95. The molecule has 0 amide bonds. The Morgan fingerprint density at radius 2 is 2.15 bits per heavy atom. The number of rotatable bonds is 8. The number of thioether (sulfide) groups is 1. The van der Waals surface area contributed by atoms with Gasteiger partial charge in [0.1, 0.15) is 9.85 Å². The fourth-order valence-electron chi connectivity index (χ4n) is 2.58. The molecule has 0 spiro atoms. The summed E-state index contributed by atoms with van der Waals surface area (Å²) in [6, 6.07) is 3.63. The Morgan fingerprint density at radius 3 is 2.81 bits per heavy atom. The van der Waals surface area contributed by atoms with Crippen molar-refractivity contribution in [3.8, 4) is 0 Å². The van der Waals surface area contributed by atoms with Gasteiger partial charge in [-0.15, -0.1) is 0 Å². The number of fused-ring (bicyclic) bond motifs is 1. The van der Waals surface area contributed by atoms with Crippen LogP contribution in [0.1, 0.15) is 37.5 Å². The molecular weight excluding hydrogens is 404 g/mol. The number of hydrogen-bond donors (Lipinski definition) is 3. The lowest BCUT2D eigenvalue weighted by molar-refractivity contribution is 0.268. The molecule has 0 saturated heterocycles. The zero-order chi connectivity index (χ0) is 19.4. The number of halogens is 1. The molecule has 7 nitrogen and oxygen atoms in total. The summed E-state index contributed by atoms with van der Waals surface area (Å²) >= 11 is 8.71. The average molecular weight is 425 g/mol. The first-order valence-corrected chi connectivity index (χ1v) is 10.7. The number of aliphatic hydroxyl groups is 1. The van der Waals surface area contributed by atoms with Crippen molar-refractivity contribution in [2.75, 3.05) is 17.7 Å². The standard InChI is InChI=1S/C17H21ClN6OS2/c1-3-4-11(8-25)21-14-13-15(22-16(19)27-13)24-17(23-14)26-9(2)10-5-6-12(18)20-7-10/h5-7,9,11,25H,3-4,8H2,1-2H3,(H3,19,21,22,23,24)/t9-,11+/m0/s1. The average Bonchev–Trinajstić information content (AvgIpc) is 3.02. The van der Waals surface area contributed by atoms with Crippen LogP contribution in [0, 0.1) is 0 Å². The number of aromatic nitrogens is 4. The highest BCUT2D eigenvalue weighted by atomic mass is 35.5. The van der Waals surface area contributed by atoms with E-state index in [0.717, 1.165) is 23.1 Å². The Labute approximate surface area is 170 Å². The second kappa shape index (κ2) is 9.01. The van der Waals surface area contributed by atoms with Crippen LogP contribution >= 0.6 is 34.7 Å². The van der Waals surface area contributed by atoms with Crippen molar-refractivity contribution >= 4 is 56.0 Å². The summed E-state index contributed by atoms with van der Waals surface area (Å²) < 4.78 is 0.798. The van der Waals surface area contributed by atoms with Crippen LogP contribution in [0.3, 0.4) is 0 Å². The number of thiazole rings is 1. The minimum absolute atomic E-state index is 0.0307. The highest BCUT2D eigenvalue weighted by molar-refractivity contribution is 7.99. The van der Waals surface area contributed by atoms with Gasteiger partial charge < -0.3 is 16.2 Å². The highest BCUT2D eigenvalue weighted by Gasteiger charge is 2.18. The molecule has 0 aliphatic carbocycles. The predicted molar refractivity (Wildman–Crippen MR) is 113 cm³/mol. The molecule has 0 aliphatic heterocycles. The number of nitrogens with zero attached hydrogens (tertiary/aromatic N) is 4. The van der Waals surface area contributed by atoms with Gasteiger partial charge in [-0.05, 0) is 25.0 Å². The van der Waals surface area contributed by atoms with E-state index in [4.69, 9.17) is 17.3 Å². The van der Waals surface area contributed by atoms with E-state index in [0.29, 0.717) is 26.9 Å². The van der Waals surface area contributed by atoms with E-state index in [1.807, 2.05) is 6.07 Å². The minimum atomic E-state index is -0.0767. The highest BCUT2D eigenvalue weighted by Crippen LogP contribution is 2.36. The fourth-order valence-corrected chi connectivity index (χ4v) is 4.29. The van der Waals surface area contributed by atoms with Gasteiger partial charge in [-0.25, -0.2) is 19.9 Å². The first-order chi connectivity index (χ1) is 13.0. The molecule has 0 bridgehead atoms. The van der Waals surface area contributed by atoms with Gasteiger partial charge in [0.2, 0.25) is 0 Å². The normalized spacial score (nSPS) is 13.6. The molecule has 0 saturated carbocycles. The molecule has 3 rings (SSSR count). The molecule has 0 aromatic carbocycles. The van der Waals surface area contributed by atoms with Crippen molar-refractivity contribution < 1.29 is 5.11 Å². The molecule has 10 heteroatoms. The summed E-state index contributed by atoms with van der Waals surface area (Å²) in [6.07, 6.45) is 3.55. The van der Waals surface area contributed by atoms with Crippen LogP contribution in [0.25, 0.3) is 10.3 Å². The van der Waals surface area contributed by atoms with E-state index in [2.05, 4.69) is 39.1 Å². The molecule has 0 fully saturated rings. The Kier molecular flexibility index (Phi) is 6.69. The third kappa shape index (κ3) is 4.98. The second-order valence-corrected chi connectivity index (χ2v) is 8.77. The van der Waals surface area contributed by atoms with Crippen LogP contribution < -0.4 is 11.1 Å². The summed E-state index contributed by atoms with van der Waals surface area (Å²) in [5, 5.41) is 14.5. The molecule has 3 aromatic heterocycles. The molecule has 0 aliphatic rings. The Bertz CT molecular complexity index is 904. The van der Waals surface area contributed by atoms with Crippen molar-refractivity contribution in [3.63, 3.8) is 0 Å². The molecule has 4 N–H and O–H groups in total. The van der Waals surface area contributed by atoms with Gasteiger partial charge in [-0.2, -0.15) is 0 Å². The molecule has 0 radical (unpaired) electrons. The minimum Gasteiger partial charge on any atom is -0.394 e. The van der Waals surface area contributed by atoms with Crippen LogP contribution in [0.4, 0.5) is 10.9 Å². The molecular formula is C17H21ClN6OS2. The van der Waals surface area contributed by atoms with Crippen LogP contribution in [0.5, 0.6) is 0 Å². The van der Waals surface area contributed by atoms with E-state index in [-0.39, 0.29) is 17.9 Å². The SMILES string of the molecule is CCC[C@H](CO)Nc1nc(S[C@@H](C)c2ccc(Cl)nc2)nc2nc(N)sc12. The van der Waals surface area contributed by atoms with Gasteiger partial charge in [0, 0.05) is 11.4 Å². The van der Waals surface area contributed by atoms with Crippen molar-refractivity contribution in [2.45, 2.75) is 43.1 Å². The lowest BCUT2D eigenvalue weighted by Gasteiger charge is -2.17. The van der Waals surface area contributed by atoms with Gasteiger partial charge in [-0.3, -0.25) is 0 Å². The quantitative estimate of drug-likeness (QED) is 0.281.